The Bertz CT molecular complexity index is 528. The van der Waals surface area contributed by atoms with Gasteiger partial charge in [-0.2, -0.15) is 0 Å². The van der Waals surface area contributed by atoms with Crippen molar-refractivity contribution in [2.75, 3.05) is 0 Å². The van der Waals surface area contributed by atoms with Gasteiger partial charge in [-0.05, 0) is 37.3 Å². The Morgan fingerprint density at radius 3 is 2.80 bits per heavy atom. The van der Waals surface area contributed by atoms with E-state index in [4.69, 9.17) is 9.84 Å². The van der Waals surface area contributed by atoms with Crippen molar-refractivity contribution < 1.29 is 19.6 Å². The summed E-state index contributed by atoms with van der Waals surface area (Å²) in [5.74, 6) is -0.364. The number of carbonyl (C=O) groups is 1. The molecule has 1 aliphatic carbocycles. The number of nitro groups is 1. The molecule has 0 aliphatic heterocycles. The number of nitrogens with zero attached hydrogens (tertiary/aromatic N) is 1. The lowest BCUT2D eigenvalue weighted by molar-refractivity contribution is -0.385. The summed E-state index contributed by atoms with van der Waals surface area (Å²) in [6, 6.07) is 3.90. The smallest absolute Gasteiger partial charge is 0.342 e. The minimum absolute atomic E-state index is 0.0500. The van der Waals surface area contributed by atoms with Crippen LogP contribution in [0.2, 0.25) is 0 Å². The van der Waals surface area contributed by atoms with Crippen LogP contribution in [0.15, 0.2) is 18.2 Å². The molecule has 1 aliphatic rings. The molecule has 108 valence electrons. The van der Waals surface area contributed by atoms with Crippen LogP contribution in [0.25, 0.3) is 0 Å². The van der Waals surface area contributed by atoms with Gasteiger partial charge < -0.3 is 9.84 Å². The highest BCUT2D eigenvalue weighted by Crippen LogP contribution is 2.30. The van der Waals surface area contributed by atoms with Crippen molar-refractivity contribution in [3.8, 4) is 5.75 Å². The van der Waals surface area contributed by atoms with E-state index in [1.807, 2.05) is 0 Å². The Balaban J connectivity index is 2.18. The molecule has 6 heteroatoms. The molecule has 0 spiro atoms. The Kier molecular flexibility index (Phi) is 4.22. The van der Waals surface area contributed by atoms with Gasteiger partial charge in [0.05, 0.1) is 17.1 Å². The van der Waals surface area contributed by atoms with E-state index in [1.165, 1.54) is 24.6 Å². The molecule has 1 N–H and O–H groups in total. The Morgan fingerprint density at radius 2 is 2.20 bits per heavy atom. The molecule has 0 saturated heterocycles. The fourth-order valence-electron chi connectivity index (χ4n) is 2.59. The predicted molar refractivity (Wildman–Crippen MR) is 72.1 cm³/mol. The zero-order valence-electron chi connectivity index (χ0n) is 11.2. The lowest BCUT2D eigenvalue weighted by Crippen LogP contribution is -2.24. The zero-order chi connectivity index (χ0) is 14.7. The SMILES string of the molecule is CC1CCCC(Oc2ccc(C(=O)O)c([N+](=O)[O-])c2)C1. The van der Waals surface area contributed by atoms with Crippen molar-refractivity contribution in [3.63, 3.8) is 0 Å². The first-order valence-electron chi connectivity index (χ1n) is 6.65. The topological polar surface area (TPSA) is 89.7 Å². The summed E-state index contributed by atoms with van der Waals surface area (Å²) in [7, 11) is 0. The van der Waals surface area contributed by atoms with Crippen LogP contribution in [0.4, 0.5) is 5.69 Å². The van der Waals surface area contributed by atoms with Crippen LogP contribution in [0.5, 0.6) is 5.75 Å². The van der Waals surface area contributed by atoms with E-state index in [-0.39, 0.29) is 11.7 Å². The number of aromatic carboxylic acids is 1. The van der Waals surface area contributed by atoms with Gasteiger partial charge in [-0.1, -0.05) is 13.3 Å². The van der Waals surface area contributed by atoms with E-state index in [2.05, 4.69) is 6.92 Å². The minimum Gasteiger partial charge on any atom is -0.490 e. The third-order valence-electron chi connectivity index (χ3n) is 3.59. The first kappa shape index (κ1) is 14.3. The first-order chi connectivity index (χ1) is 9.47. The van der Waals surface area contributed by atoms with Gasteiger partial charge in [0.15, 0.2) is 0 Å². The highest BCUT2D eigenvalue weighted by molar-refractivity contribution is 5.92. The quantitative estimate of drug-likeness (QED) is 0.675. The maximum absolute atomic E-state index is 10.9. The predicted octanol–water partition coefficient (Wildman–Crippen LogP) is 3.25. The number of nitro benzene ring substituents is 1. The average molecular weight is 279 g/mol. The lowest BCUT2D eigenvalue weighted by atomic mass is 9.89. The van der Waals surface area contributed by atoms with E-state index in [1.54, 1.807) is 0 Å². The summed E-state index contributed by atoms with van der Waals surface area (Å²) in [5, 5.41) is 19.8. The van der Waals surface area contributed by atoms with E-state index < -0.39 is 16.6 Å². The van der Waals surface area contributed by atoms with Gasteiger partial charge in [0.25, 0.3) is 5.69 Å². The van der Waals surface area contributed by atoms with Gasteiger partial charge in [0, 0.05) is 0 Å². The van der Waals surface area contributed by atoms with Gasteiger partial charge in [0.2, 0.25) is 0 Å². The molecule has 0 aromatic heterocycles. The number of benzene rings is 1. The Labute approximate surface area is 116 Å². The molecular formula is C14H17NO5. The number of carboxylic acids is 1. The normalized spacial score (nSPS) is 22.2. The summed E-state index contributed by atoms with van der Waals surface area (Å²) in [6.07, 6.45) is 4.17. The largest absolute Gasteiger partial charge is 0.490 e. The van der Waals surface area contributed by atoms with Crippen LogP contribution < -0.4 is 4.74 Å². The van der Waals surface area contributed by atoms with Gasteiger partial charge in [-0.15, -0.1) is 0 Å². The summed E-state index contributed by atoms with van der Waals surface area (Å²) >= 11 is 0. The molecule has 0 amide bonds. The fraction of sp³-hybridized carbons (Fsp3) is 0.500. The second kappa shape index (κ2) is 5.90. The Hall–Kier alpha value is -2.11. The summed E-state index contributed by atoms with van der Waals surface area (Å²) < 4.78 is 5.75. The maximum atomic E-state index is 10.9. The monoisotopic (exact) mass is 279 g/mol. The molecule has 2 rings (SSSR count). The lowest BCUT2D eigenvalue weighted by Gasteiger charge is -2.27. The van der Waals surface area contributed by atoms with Gasteiger partial charge in [-0.3, -0.25) is 10.1 Å². The molecule has 0 heterocycles. The number of rotatable bonds is 4. The highest BCUT2D eigenvalue weighted by atomic mass is 16.6. The molecule has 20 heavy (non-hydrogen) atoms. The summed E-state index contributed by atoms with van der Waals surface area (Å²) in [5.41, 5.74) is -0.752. The van der Waals surface area contributed by atoms with Gasteiger partial charge in [0.1, 0.15) is 11.3 Å². The first-order valence-corrected chi connectivity index (χ1v) is 6.65. The second-order valence-corrected chi connectivity index (χ2v) is 5.25. The Morgan fingerprint density at radius 1 is 1.45 bits per heavy atom. The van der Waals surface area contributed by atoms with Crippen LogP contribution in [0, 0.1) is 16.0 Å². The van der Waals surface area contributed by atoms with Crippen molar-refractivity contribution in [2.45, 2.75) is 38.7 Å². The van der Waals surface area contributed by atoms with Gasteiger partial charge in [-0.25, -0.2) is 4.79 Å². The summed E-state index contributed by atoms with van der Waals surface area (Å²) in [4.78, 5) is 21.1. The third-order valence-corrected chi connectivity index (χ3v) is 3.59. The minimum atomic E-state index is -1.31. The third kappa shape index (κ3) is 3.26. The average Bonchev–Trinajstić information content (AvgIpc) is 2.38. The number of ether oxygens (including phenoxy) is 1. The van der Waals surface area contributed by atoms with Crippen LogP contribution in [0.1, 0.15) is 43.0 Å². The fourth-order valence-corrected chi connectivity index (χ4v) is 2.59. The zero-order valence-corrected chi connectivity index (χ0v) is 11.2. The number of hydrogen-bond donors (Lipinski definition) is 1. The van der Waals surface area contributed by atoms with Crippen molar-refractivity contribution in [2.24, 2.45) is 5.92 Å². The molecule has 6 nitrogen and oxygen atoms in total. The molecule has 0 radical (unpaired) electrons. The molecule has 2 atom stereocenters. The molecule has 1 aromatic rings. The molecule has 0 bridgehead atoms. The van der Waals surface area contributed by atoms with Crippen LogP contribution in [-0.2, 0) is 0 Å². The number of hydrogen-bond acceptors (Lipinski definition) is 4. The van der Waals surface area contributed by atoms with E-state index >= 15 is 0 Å². The number of carboxylic acid groups (broad SMARTS) is 1. The molecule has 1 saturated carbocycles. The maximum Gasteiger partial charge on any atom is 0.342 e. The van der Waals surface area contributed by atoms with E-state index in [0.717, 1.165) is 19.3 Å². The van der Waals surface area contributed by atoms with Crippen molar-refractivity contribution in [3.05, 3.63) is 33.9 Å². The molecule has 2 unspecified atom stereocenters. The molecule has 1 fully saturated rings. The molecule has 1 aromatic carbocycles. The van der Waals surface area contributed by atoms with E-state index in [9.17, 15) is 14.9 Å². The van der Waals surface area contributed by atoms with Crippen LogP contribution in [0.3, 0.4) is 0 Å². The van der Waals surface area contributed by atoms with Crippen molar-refractivity contribution in [1.29, 1.82) is 0 Å². The van der Waals surface area contributed by atoms with Crippen molar-refractivity contribution >= 4 is 11.7 Å². The second-order valence-electron chi connectivity index (χ2n) is 5.25. The summed E-state index contributed by atoms with van der Waals surface area (Å²) in [6.45, 7) is 2.16. The standard InChI is InChI=1S/C14H17NO5/c1-9-3-2-4-10(7-9)20-11-5-6-12(14(16)17)13(8-11)15(18)19/h5-6,8-10H,2-4,7H2,1H3,(H,16,17). The van der Waals surface area contributed by atoms with Crippen molar-refractivity contribution in [1.82, 2.24) is 0 Å². The van der Waals surface area contributed by atoms with Gasteiger partial charge >= 0.3 is 5.97 Å². The van der Waals surface area contributed by atoms with Crippen LogP contribution in [-0.4, -0.2) is 22.1 Å². The highest BCUT2D eigenvalue weighted by Gasteiger charge is 2.23. The van der Waals surface area contributed by atoms with E-state index in [0.29, 0.717) is 11.7 Å². The van der Waals surface area contributed by atoms with Crippen LogP contribution >= 0.6 is 0 Å². The molecular weight excluding hydrogens is 262 g/mol.